The van der Waals surface area contributed by atoms with Gasteiger partial charge >= 0.3 is 0 Å². The third-order valence-electron chi connectivity index (χ3n) is 5.10. The number of hydrogen-bond acceptors (Lipinski definition) is 4. The first-order chi connectivity index (χ1) is 13.8. The average molecular weight is 458 g/mol. The van der Waals surface area contributed by atoms with E-state index in [2.05, 4.69) is 15.9 Å². The molecule has 0 aromatic heterocycles. The Morgan fingerprint density at radius 3 is 2.62 bits per heavy atom. The van der Waals surface area contributed by atoms with Crippen molar-refractivity contribution in [2.24, 2.45) is 0 Å². The monoisotopic (exact) mass is 457 g/mol. The highest BCUT2D eigenvalue weighted by Gasteiger charge is 2.45. The molecule has 2 aromatic rings. The van der Waals surface area contributed by atoms with Gasteiger partial charge in [0.1, 0.15) is 5.76 Å². The van der Waals surface area contributed by atoms with Gasteiger partial charge in [-0.1, -0.05) is 45.8 Å². The lowest BCUT2D eigenvalue weighted by molar-refractivity contribution is -0.140. The van der Waals surface area contributed by atoms with Gasteiger partial charge in [0.2, 0.25) is 0 Å². The largest absolute Gasteiger partial charge is 0.507 e. The minimum absolute atomic E-state index is 0.124. The second kappa shape index (κ2) is 8.93. The van der Waals surface area contributed by atoms with Crippen LogP contribution in [0.5, 0.6) is 0 Å². The van der Waals surface area contributed by atoms with E-state index in [1.54, 1.807) is 7.11 Å². The van der Waals surface area contributed by atoms with Crippen LogP contribution in [0.2, 0.25) is 0 Å². The fraction of sp³-hybridized carbons (Fsp3) is 0.304. The van der Waals surface area contributed by atoms with Crippen LogP contribution in [-0.2, 0) is 14.3 Å². The quantitative estimate of drug-likeness (QED) is 0.299. The zero-order valence-corrected chi connectivity index (χ0v) is 18.3. The SMILES string of the molecule is COCCCN1C(=O)C(=O)C(=C(O)c2cc(C)ccc2C)C1c1cccc(Br)c1. The average Bonchev–Trinajstić information content (AvgIpc) is 2.94. The molecule has 1 unspecified atom stereocenters. The number of halogens is 1. The zero-order chi connectivity index (χ0) is 21.1. The van der Waals surface area contributed by atoms with Gasteiger partial charge in [-0.3, -0.25) is 9.59 Å². The van der Waals surface area contributed by atoms with Gasteiger partial charge in [-0.15, -0.1) is 0 Å². The molecule has 1 fully saturated rings. The molecule has 1 N–H and O–H groups in total. The molecule has 0 aliphatic carbocycles. The third-order valence-corrected chi connectivity index (χ3v) is 5.59. The summed E-state index contributed by atoms with van der Waals surface area (Å²) >= 11 is 3.46. The third kappa shape index (κ3) is 4.28. The summed E-state index contributed by atoms with van der Waals surface area (Å²) in [4.78, 5) is 27.3. The molecule has 2 aromatic carbocycles. The number of likely N-dealkylation sites (tertiary alicyclic amines) is 1. The number of ketones is 1. The number of hydrogen-bond donors (Lipinski definition) is 1. The Hall–Kier alpha value is -2.44. The van der Waals surface area contributed by atoms with Crippen molar-refractivity contribution < 1.29 is 19.4 Å². The fourth-order valence-corrected chi connectivity index (χ4v) is 4.07. The molecule has 1 atom stereocenters. The van der Waals surface area contributed by atoms with Crippen molar-refractivity contribution in [1.82, 2.24) is 4.90 Å². The Balaban J connectivity index is 2.18. The van der Waals surface area contributed by atoms with Crippen LogP contribution >= 0.6 is 15.9 Å². The minimum atomic E-state index is -0.661. The van der Waals surface area contributed by atoms with E-state index in [0.717, 1.165) is 21.2 Å². The summed E-state index contributed by atoms with van der Waals surface area (Å²) in [6, 6.07) is 12.5. The Kier molecular flexibility index (Phi) is 6.55. The number of methoxy groups -OCH3 is 1. The van der Waals surface area contributed by atoms with E-state index in [1.165, 1.54) is 4.90 Å². The predicted molar refractivity (Wildman–Crippen MR) is 116 cm³/mol. The number of aryl methyl sites for hydroxylation is 2. The Morgan fingerprint density at radius 1 is 1.17 bits per heavy atom. The number of nitrogens with zero attached hydrogens (tertiary/aromatic N) is 1. The number of carbonyl (C=O) groups is 2. The van der Waals surface area contributed by atoms with Gasteiger partial charge in [-0.2, -0.15) is 0 Å². The van der Waals surface area contributed by atoms with Crippen molar-refractivity contribution >= 4 is 33.4 Å². The van der Waals surface area contributed by atoms with Crippen molar-refractivity contribution in [3.05, 3.63) is 74.8 Å². The van der Waals surface area contributed by atoms with Crippen LogP contribution in [0.1, 0.15) is 34.7 Å². The molecule has 29 heavy (non-hydrogen) atoms. The van der Waals surface area contributed by atoms with Crippen molar-refractivity contribution in [2.75, 3.05) is 20.3 Å². The molecule has 5 nitrogen and oxygen atoms in total. The van der Waals surface area contributed by atoms with E-state index in [-0.39, 0.29) is 11.3 Å². The molecule has 1 aliphatic rings. The molecule has 0 radical (unpaired) electrons. The highest BCUT2D eigenvalue weighted by molar-refractivity contribution is 9.10. The summed E-state index contributed by atoms with van der Waals surface area (Å²) < 4.78 is 5.94. The second-order valence-corrected chi connectivity index (χ2v) is 8.13. The van der Waals surface area contributed by atoms with E-state index < -0.39 is 17.7 Å². The Morgan fingerprint density at radius 2 is 1.93 bits per heavy atom. The van der Waals surface area contributed by atoms with E-state index in [0.29, 0.717) is 25.1 Å². The summed E-state index contributed by atoms with van der Waals surface area (Å²) in [5.41, 5.74) is 3.26. The number of benzene rings is 2. The molecule has 0 saturated carbocycles. The van der Waals surface area contributed by atoms with E-state index in [9.17, 15) is 14.7 Å². The Bertz CT molecular complexity index is 983. The molecule has 0 bridgehead atoms. The molecule has 1 aliphatic heterocycles. The number of rotatable bonds is 6. The van der Waals surface area contributed by atoms with Crippen molar-refractivity contribution in [3.8, 4) is 0 Å². The molecule has 1 heterocycles. The second-order valence-electron chi connectivity index (χ2n) is 7.21. The summed E-state index contributed by atoms with van der Waals surface area (Å²) in [5.74, 6) is -1.40. The predicted octanol–water partition coefficient (Wildman–Crippen LogP) is 4.52. The van der Waals surface area contributed by atoms with Crippen LogP contribution in [0.3, 0.4) is 0 Å². The van der Waals surface area contributed by atoms with Gasteiger partial charge in [0.25, 0.3) is 11.7 Å². The van der Waals surface area contributed by atoms with E-state index >= 15 is 0 Å². The number of amides is 1. The number of aliphatic hydroxyl groups excluding tert-OH is 1. The molecule has 0 spiro atoms. The molecular formula is C23H24BrNO4. The number of aliphatic hydroxyl groups is 1. The van der Waals surface area contributed by atoms with Gasteiger partial charge < -0.3 is 14.7 Å². The summed E-state index contributed by atoms with van der Waals surface area (Å²) in [7, 11) is 1.60. The van der Waals surface area contributed by atoms with Gasteiger partial charge in [0, 0.05) is 30.3 Å². The molecule has 1 saturated heterocycles. The van der Waals surface area contributed by atoms with Crippen LogP contribution in [0, 0.1) is 13.8 Å². The topological polar surface area (TPSA) is 66.8 Å². The molecule has 6 heteroatoms. The van der Waals surface area contributed by atoms with Gasteiger partial charge in [-0.25, -0.2) is 0 Å². The van der Waals surface area contributed by atoms with Crippen molar-refractivity contribution in [2.45, 2.75) is 26.3 Å². The van der Waals surface area contributed by atoms with Crippen LogP contribution in [-0.4, -0.2) is 42.0 Å². The number of carbonyl (C=O) groups excluding carboxylic acids is 2. The van der Waals surface area contributed by atoms with Crippen LogP contribution in [0.4, 0.5) is 0 Å². The summed E-state index contributed by atoms with van der Waals surface area (Å²) in [5, 5.41) is 11.1. The fourth-order valence-electron chi connectivity index (χ4n) is 3.65. The van der Waals surface area contributed by atoms with Crippen molar-refractivity contribution in [1.29, 1.82) is 0 Å². The molecule has 152 valence electrons. The van der Waals surface area contributed by atoms with Gasteiger partial charge in [0.05, 0.1) is 11.6 Å². The number of Topliss-reactive ketones (excluding diaryl/α,β-unsaturated/α-hetero) is 1. The molecule has 3 rings (SSSR count). The smallest absolute Gasteiger partial charge is 0.295 e. The van der Waals surface area contributed by atoms with Crippen LogP contribution in [0.15, 0.2) is 52.5 Å². The summed E-state index contributed by atoms with van der Waals surface area (Å²) in [6.07, 6.45) is 0.595. The van der Waals surface area contributed by atoms with Gasteiger partial charge in [-0.05, 0) is 49.6 Å². The maximum absolute atomic E-state index is 13.0. The first-order valence-corrected chi connectivity index (χ1v) is 10.2. The lowest BCUT2D eigenvalue weighted by atomic mass is 9.93. The standard InChI is InChI=1S/C23H24BrNO4/c1-14-8-9-15(2)18(12-14)21(26)19-20(16-6-4-7-17(24)13-16)25(10-5-11-29-3)23(28)22(19)27/h4,6-9,12-13,20,26H,5,10-11H2,1-3H3. The minimum Gasteiger partial charge on any atom is -0.507 e. The van der Waals surface area contributed by atoms with E-state index in [4.69, 9.17) is 4.74 Å². The Labute approximate surface area is 179 Å². The van der Waals surface area contributed by atoms with E-state index in [1.807, 2.05) is 56.3 Å². The number of ether oxygens (including phenoxy) is 1. The van der Waals surface area contributed by atoms with Gasteiger partial charge in [0.15, 0.2) is 0 Å². The summed E-state index contributed by atoms with van der Waals surface area (Å²) in [6.45, 7) is 4.63. The first kappa shape index (κ1) is 21.3. The highest BCUT2D eigenvalue weighted by atomic mass is 79.9. The highest BCUT2D eigenvalue weighted by Crippen LogP contribution is 2.40. The normalized spacial score (nSPS) is 18.5. The van der Waals surface area contributed by atoms with Crippen LogP contribution < -0.4 is 0 Å². The lowest BCUT2D eigenvalue weighted by Crippen LogP contribution is -2.31. The first-order valence-electron chi connectivity index (χ1n) is 9.45. The molecule has 1 amide bonds. The lowest BCUT2D eigenvalue weighted by Gasteiger charge is -2.25. The van der Waals surface area contributed by atoms with Crippen LogP contribution in [0.25, 0.3) is 5.76 Å². The molecular weight excluding hydrogens is 434 g/mol. The maximum atomic E-state index is 13.0. The maximum Gasteiger partial charge on any atom is 0.295 e. The zero-order valence-electron chi connectivity index (χ0n) is 16.7. The van der Waals surface area contributed by atoms with Crippen molar-refractivity contribution in [3.63, 3.8) is 0 Å².